The third kappa shape index (κ3) is 6.95. The molecular formula is C30H34N2O3. The monoisotopic (exact) mass is 470 g/mol. The fourth-order valence-corrected chi connectivity index (χ4v) is 4.72. The molecule has 182 valence electrons. The van der Waals surface area contributed by atoms with Crippen LogP contribution in [-0.4, -0.2) is 35.9 Å². The zero-order valence-electron chi connectivity index (χ0n) is 20.4. The minimum absolute atomic E-state index is 0.0680. The van der Waals surface area contributed by atoms with E-state index in [1.165, 1.54) is 0 Å². The van der Waals surface area contributed by atoms with E-state index in [0.29, 0.717) is 13.0 Å². The molecule has 1 N–H and O–H groups in total. The zero-order chi connectivity index (χ0) is 24.5. The Hall–Kier alpha value is -3.60. The van der Waals surface area contributed by atoms with Crippen LogP contribution in [0.15, 0.2) is 84.9 Å². The van der Waals surface area contributed by atoms with Gasteiger partial charge in [0.25, 0.3) is 0 Å². The van der Waals surface area contributed by atoms with Gasteiger partial charge in [0.1, 0.15) is 11.8 Å². The quantitative estimate of drug-likeness (QED) is 0.457. The van der Waals surface area contributed by atoms with Crippen molar-refractivity contribution in [3.05, 3.63) is 102 Å². The van der Waals surface area contributed by atoms with Crippen LogP contribution in [0.3, 0.4) is 0 Å². The summed E-state index contributed by atoms with van der Waals surface area (Å²) in [7, 11) is 1.62. The Morgan fingerprint density at radius 3 is 2.06 bits per heavy atom. The first-order chi connectivity index (χ1) is 17.1. The number of hydrogen-bond acceptors (Lipinski definition) is 3. The maximum Gasteiger partial charge on any atom is 0.243 e. The summed E-state index contributed by atoms with van der Waals surface area (Å²) in [6.45, 7) is 0.380. The third-order valence-corrected chi connectivity index (χ3v) is 6.68. The van der Waals surface area contributed by atoms with E-state index in [0.717, 1.165) is 48.1 Å². The first kappa shape index (κ1) is 24.5. The van der Waals surface area contributed by atoms with Crippen LogP contribution in [0.4, 0.5) is 0 Å². The Morgan fingerprint density at radius 1 is 0.857 bits per heavy atom. The van der Waals surface area contributed by atoms with Crippen LogP contribution in [0.1, 0.15) is 42.4 Å². The van der Waals surface area contributed by atoms with Crippen LogP contribution < -0.4 is 10.1 Å². The van der Waals surface area contributed by atoms with Gasteiger partial charge in [-0.1, -0.05) is 85.6 Å². The second kappa shape index (κ2) is 12.2. The highest BCUT2D eigenvalue weighted by Gasteiger charge is 2.32. The van der Waals surface area contributed by atoms with Crippen molar-refractivity contribution in [1.82, 2.24) is 10.2 Å². The van der Waals surface area contributed by atoms with Gasteiger partial charge in [-0.2, -0.15) is 0 Å². The van der Waals surface area contributed by atoms with Gasteiger partial charge >= 0.3 is 0 Å². The molecule has 1 aliphatic carbocycles. The normalized spacial score (nSPS) is 14.3. The minimum atomic E-state index is -0.594. The molecule has 0 heterocycles. The number of rotatable bonds is 10. The van der Waals surface area contributed by atoms with Crippen LogP contribution in [0.25, 0.3) is 0 Å². The van der Waals surface area contributed by atoms with E-state index in [2.05, 4.69) is 5.32 Å². The molecule has 35 heavy (non-hydrogen) atoms. The summed E-state index contributed by atoms with van der Waals surface area (Å²) >= 11 is 0. The van der Waals surface area contributed by atoms with Crippen LogP contribution in [0.5, 0.6) is 5.75 Å². The summed E-state index contributed by atoms with van der Waals surface area (Å²) < 4.78 is 5.25. The second-order valence-electron chi connectivity index (χ2n) is 9.23. The summed E-state index contributed by atoms with van der Waals surface area (Å²) in [5.74, 6) is 0.613. The van der Waals surface area contributed by atoms with Gasteiger partial charge in [-0.3, -0.25) is 9.59 Å². The molecule has 5 heteroatoms. The molecule has 1 aliphatic rings. The number of carbonyl (C=O) groups is 2. The molecule has 1 unspecified atom stereocenters. The van der Waals surface area contributed by atoms with Crippen molar-refractivity contribution in [2.45, 2.75) is 57.2 Å². The molecule has 0 aliphatic heterocycles. The lowest BCUT2D eigenvalue weighted by Gasteiger charge is -2.32. The van der Waals surface area contributed by atoms with Gasteiger partial charge in [-0.05, 0) is 41.7 Å². The number of benzene rings is 3. The molecule has 1 fully saturated rings. The van der Waals surface area contributed by atoms with Gasteiger partial charge < -0.3 is 15.0 Å². The minimum Gasteiger partial charge on any atom is -0.497 e. The molecule has 2 amide bonds. The third-order valence-electron chi connectivity index (χ3n) is 6.68. The largest absolute Gasteiger partial charge is 0.497 e. The molecule has 3 aromatic carbocycles. The van der Waals surface area contributed by atoms with Crippen molar-refractivity contribution >= 4 is 11.8 Å². The van der Waals surface area contributed by atoms with Gasteiger partial charge in [0.2, 0.25) is 11.8 Å². The van der Waals surface area contributed by atoms with Crippen molar-refractivity contribution in [1.29, 1.82) is 0 Å². The molecule has 0 saturated heterocycles. The van der Waals surface area contributed by atoms with Crippen molar-refractivity contribution in [2.24, 2.45) is 0 Å². The first-order valence-electron chi connectivity index (χ1n) is 12.4. The second-order valence-corrected chi connectivity index (χ2v) is 9.23. The standard InChI is InChI=1S/C30H34N2O3/c1-35-27-18-16-24(17-19-27)21-29(33)32(22-25-12-6-3-7-13-25)28(20-23-10-4-2-5-11-23)30(34)31-26-14-8-9-15-26/h2-7,10-13,16-19,26,28H,8-9,14-15,20-22H2,1H3,(H,31,34). The molecule has 0 radical (unpaired) electrons. The lowest BCUT2D eigenvalue weighted by molar-refractivity contribution is -0.141. The SMILES string of the molecule is COc1ccc(CC(=O)N(Cc2ccccc2)C(Cc2ccccc2)C(=O)NC2CCCC2)cc1. The Balaban J connectivity index is 1.62. The van der Waals surface area contributed by atoms with Gasteiger partial charge in [0.15, 0.2) is 0 Å². The van der Waals surface area contributed by atoms with Crippen LogP contribution in [0, 0.1) is 0 Å². The molecule has 0 aromatic heterocycles. The zero-order valence-corrected chi connectivity index (χ0v) is 20.4. The number of nitrogens with one attached hydrogen (secondary N) is 1. The van der Waals surface area contributed by atoms with Gasteiger partial charge in [0, 0.05) is 19.0 Å². The molecule has 0 bridgehead atoms. The Labute approximate surface area is 208 Å². The highest BCUT2D eigenvalue weighted by molar-refractivity contribution is 5.89. The maximum atomic E-state index is 13.8. The highest BCUT2D eigenvalue weighted by Crippen LogP contribution is 2.21. The highest BCUT2D eigenvalue weighted by atomic mass is 16.5. The molecule has 1 atom stereocenters. The van der Waals surface area contributed by atoms with Crippen LogP contribution in [0.2, 0.25) is 0 Å². The number of ether oxygens (including phenoxy) is 1. The number of carbonyl (C=O) groups excluding carboxylic acids is 2. The molecule has 0 spiro atoms. The topological polar surface area (TPSA) is 58.6 Å². The number of nitrogens with zero attached hydrogens (tertiary/aromatic N) is 1. The Kier molecular flexibility index (Phi) is 8.55. The van der Waals surface area contributed by atoms with E-state index >= 15 is 0 Å². The lowest BCUT2D eigenvalue weighted by atomic mass is 10.0. The molecule has 1 saturated carbocycles. The van der Waals surface area contributed by atoms with E-state index in [1.807, 2.05) is 84.9 Å². The van der Waals surface area contributed by atoms with E-state index in [4.69, 9.17) is 4.74 Å². The van der Waals surface area contributed by atoms with E-state index in [1.54, 1.807) is 12.0 Å². The van der Waals surface area contributed by atoms with Gasteiger partial charge in [-0.15, -0.1) is 0 Å². The fraction of sp³-hybridized carbons (Fsp3) is 0.333. The summed E-state index contributed by atoms with van der Waals surface area (Å²) in [4.78, 5) is 29.2. The van der Waals surface area contributed by atoms with Crippen LogP contribution >= 0.6 is 0 Å². The predicted octanol–water partition coefficient (Wildman–Crippen LogP) is 4.94. The van der Waals surface area contributed by atoms with Crippen molar-refractivity contribution < 1.29 is 14.3 Å². The fourth-order valence-electron chi connectivity index (χ4n) is 4.72. The smallest absolute Gasteiger partial charge is 0.243 e. The van der Waals surface area contributed by atoms with E-state index in [9.17, 15) is 9.59 Å². The molecule has 5 nitrogen and oxygen atoms in total. The molecule has 4 rings (SSSR count). The number of methoxy groups -OCH3 is 1. The van der Waals surface area contributed by atoms with Crippen LogP contribution in [-0.2, 0) is 29.0 Å². The number of hydrogen-bond donors (Lipinski definition) is 1. The summed E-state index contributed by atoms with van der Waals surface area (Å²) in [5.41, 5.74) is 2.93. The van der Waals surface area contributed by atoms with Gasteiger partial charge in [-0.25, -0.2) is 0 Å². The average molecular weight is 471 g/mol. The summed E-state index contributed by atoms with van der Waals surface area (Å²) in [6, 6.07) is 27.0. The van der Waals surface area contributed by atoms with E-state index < -0.39 is 6.04 Å². The first-order valence-corrected chi connectivity index (χ1v) is 12.4. The Morgan fingerprint density at radius 2 is 1.46 bits per heavy atom. The van der Waals surface area contributed by atoms with Crippen molar-refractivity contribution in [3.63, 3.8) is 0 Å². The maximum absolute atomic E-state index is 13.8. The van der Waals surface area contributed by atoms with Gasteiger partial charge in [0.05, 0.1) is 13.5 Å². The summed E-state index contributed by atoms with van der Waals surface area (Å²) in [6.07, 6.45) is 4.97. The molecule has 3 aromatic rings. The average Bonchev–Trinajstić information content (AvgIpc) is 3.41. The Bertz CT molecular complexity index is 1080. The van der Waals surface area contributed by atoms with Crippen molar-refractivity contribution in [2.75, 3.05) is 7.11 Å². The lowest BCUT2D eigenvalue weighted by Crippen LogP contribution is -2.52. The predicted molar refractivity (Wildman–Crippen MR) is 138 cm³/mol. The van der Waals surface area contributed by atoms with E-state index in [-0.39, 0.29) is 24.3 Å². The molecular weight excluding hydrogens is 436 g/mol. The number of amides is 2. The summed E-state index contributed by atoms with van der Waals surface area (Å²) in [5, 5.41) is 3.25. The van der Waals surface area contributed by atoms with Crippen molar-refractivity contribution in [3.8, 4) is 5.75 Å².